The van der Waals surface area contributed by atoms with Gasteiger partial charge in [0, 0.05) is 5.56 Å². The molecule has 1 atom stereocenters. The number of hydrogen-bond acceptors (Lipinski definition) is 5. The Kier molecular flexibility index (Phi) is 4.37. The van der Waals surface area contributed by atoms with Gasteiger partial charge in [-0.25, -0.2) is 0 Å². The summed E-state index contributed by atoms with van der Waals surface area (Å²) >= 11 is 1.16. The molecule has 0 spiro atoms. The lowest BCUT2D eigenvalue weighted by molar-refractivity contribution is -0.117. The van der Waals surface area contributed by atoms with Crippen molar-refractivity contribution in [3.8, 4) is 11.5 Å². The van der Waals surface area contributed by atoms with Gasteiger partial charge in [0.15, 0.2) is 0 Å². The van der Waals surface area contributed by atoms with Crippen LogP contribution in [0.15, 0.2) is 33.9 Å². The molecule has 112 valence electrons. The van der Waals surface area contributed by atoms with E-state index in [0.29, 0.717) is 11.1 Å². The highest BCUT2D eigenvalue weighted by atomic mass is 32.2. The zero-order chi connectivity index (χ0) is 15.6. The first kappa shape index (κ1) is 15.6. The van der Waals surface area contributed by atoms with Crippen LogP contribution in [0.1, 0.15) is 33.3 Å². The van der Waals surface area contributed by atoms with Crippen LogP contribution in [-0.2, 0) is 10.2 Å². The van der Waals surface area contributed by atoms with Crippen molar-refractivity contribution in [3.63, 3.8) is 0 Å². The van der Waals surface area contributed by atoms with Crippen molar-refractivity contribution < 1.29 is 9.21 Å². The molecule has 1 amide bonds. The van der Waals surface area contributed by atoms with Crippen LogP contribution in [0, 0.1) is 0 Å². The number of nitrogens with zero attached hydrogens (tertiary/aromatic N) is 2. The quantitative estimate of drug-likeness (QED) is 0.878. The highest BCUT2D eigenvalue weighted by Crippen LogP contribution is 2.28. The number of primary amides is 1. The lowest BCUT2D eigenvalue weighted by Crippen LogP contribution is -2.22. The van der Waals surface area contributed by atoms with E-state index in [1.807, 2.05) is 12.1 Å². The van der Waals surface area contributed by atoms with Crippen molar-refractivity contribution in [2.24, 2.45) is 5.73 Å². The molecule has 2 N–H and O–H groups in total. The Balaban J connectivity index is 2.16. The van der Waals surface area contributed by atoms with Crippen LogP contribution in [-0.4, -0.2) is 21.4 Å². The van der Waals surface area contributed by atoms with Crippen LogP contribution < -0.4 is 5.73 Å². The molecule has 1 heterocycles. The maximum atomic E-state index is 11.0. The number of thioether (sulfide) groups is 1. The molecule has 1 aromatic heterocycles. The summed E-state index contributed by atoms with van der Waals surface area (Å²) in [6, 6.07) is 8.02. The standard InChI is InChI=1S/C15H19N3O2S/c1-9(12(16)19)21-14-18-17-13(20-14)10-5-7-11(8-6-10)15(2,3)4/h5-9H,1-4H3,(H2,16,19)/t9-/m0/s1. The first-order chi connectivity index (χ1) is 9.77. The third-order valence-electron chi connectivity index (χ3n) is 3.08. The monoisotopic (exact) mass is 305 g/mol. The molecule has 0 saturated carbocycles. The number of rotatable bonds is 4. The lowest BCUT2D eigenvalue weighted by atomic mass is 9.87. The molecule has 0 radical (unpaired) electrons. The van der Waals surface area contributed by atoms with E-state index in [1.165, 1.54) is 5.56 Å². The third-order valence-corrected chi connectivity index (χ3v) is 4.04. The number of nitrogens with two attached hydrogens (primary N) is 1. The average molecular weight is 305 g/mol. The molecule has 0 aliphatic rings. The maximum absolute atomic E-state index is 11.0. The summed E-state index contributed by atoms with van der Waals surface area (Å²) in [6.07, 6.45) is 0. The number of hydrogen-bond donors (Lipinski definition) is 1. The second kappa shape index (κ2) is 5.89. The molecule has 5 nitrogen and oxygen atoms in total. The molecule has 2 aromatic rings. The first-order valence-electron chi connectivity index (χ1n) is 6.68. The number of amides is 1. The van der Waals surface area contributed by atoms with E-state index < -0.39 is 11.2 Å². The first-order valence-corrected chi connectivity index (χ1v) is 7.56. The molecule has 2 rings (SSSR count). The summed E-state index contributed by atoms with van der Waals surface area (Å²) in [5, 5.41) is 7.87. The third kappa shape index (κ3) is 3.85. The Hall–Kier alpha value is -1.82. The SMILES string of the molecule is C[C@H](Sc1nnc(-c2ccc(C(C)(C)C)cc2)o1)C(N)=O. The molecule has 1 aromatic carbocycles. The molecule has 0 aliphatic heterocycles. The molecule has 6 heteroatoms. The fourth-order valence-electron chi connectivity index (χ4n) is 1.70. The van der Waals surface area contributed by atoms with Crippen LogP contribution in [0.4, 0.5) is 0 Å². The second-order valence-corrected chi connectivity index (χ2v) is 7.15. The van der Waals surface area contributed by atoms with E-state index in [9.17, 15) is 4.79 Å². The van der Waals surface area contributed by atoms with E-state index in [1.54, 1.807) is 6.92 Å². The molecule has 0 aliphatic carbocycles. The predicted molar refractivity (Wildman–Crippen MR) is 82.9 cm³/mol. The molecular weight excluding hydrogens is 286 g/mol. The van der Waals surface area contributed by atoms with Gasteiger partial charge in [0.1, 0.15) is 0 Å². The van der Waals surface area contributed by atoms with Crippen LogP contribution in [0.3, 0.4) is 0 Å². The second-order valence-electron chi connectivity index (χ2n) is 5.86. The topological polar surface area (TPSA) is 82.0 Å². The summed E-state index contributed by atoms with van der Waals surface area (Å²) in [6.45, 7) is 8.19. The van der Waals surface area contributed by atoms with E-state index in [0.717, 1.165) is 17.3 Å². The predicted octanol–water partition coefficient (Wildman–Crippen LogP) is 3.00. The van der Waals surface area contributed by atoms with Crippen molar-refractivity contribution >= 4 is 17.7 Å². The van der Waals surface area contributed by atoms with Crippen LogP contribution in [0.5, 0.6) is 0 Å². The van der Waals surface area contributed by atoms with Gasteiger partial charge >= 0.3 is 0 Å². The Morgan fingerprint density at radius 2 is 1.86 bits per heavy atom. The fourth-order valence-corrected chi connectivity index (χ4v) is 2.33. The van der Waals surface area contributed by atoms with E-state index in [-0.39, 0.29) is 5.41 Å². The molecule has 0 unspecified atom stereocenters. The van der Waals surface area contributed by atoms with Crippen LogP contribution >= 0.6 is 11.8 Å². The minimum atomic E-state index is -0.408. The molecule has 21 heavy (non-hydrogen) atoms. The zero-order valence-electron chi connectivity index (χ0n) is 12.6. The maximum Gasteiger partial charge on any atom is 0.277 e. The van der Waals surface area contributed by atoms with Gasteiger partial charge in [-0.2, -0.15) is 0 Å². The average Bonchev–Trinajstić information content (AvgIpc) is 2.86. The van der Waals surface area contributed by atoms with Gasteiger partial charge in [-0.05, 0) is 30.0 Å². The van der Waals surface area contributed by atoms with Gasteiger partial charge in [-0.3, -0.25) is 4.79 Å². The number of aromatic nitrogens is 2. The summed E-state index contributed by atoms with van der Waals surface area (Å²) in [5.74, 6) is 0.0314. The van der Waals surface area contributed by atoms with Gasteiger partial charge in [0.2, 0.25) is 11.8 Å². The summed E-state index contributed by atoms with van der Waals surface area (Å²) < 4.78 is 5.55. The smallest absolute Gasteiger partial charge is 0.277 e. The van der Waals surface area contributed by atoms with Gasteiger partial charge < -0.3 is 10.2 Å². The van der Waals surface area contributed by atoms with E-state index in [4.69, 9.17) is 10.2 Å². The van der Waals surface area contributed by atoms with Gasteiger partial charge in [0.25, 0.3) is 5.22 Å². The Labute approximate surface area is 128 Å². The fraction of sp³-hybridized carbons (Fsp3) is 0.400. The molecule has 0 saturated heterocycles. The van der Waals surface area contributed by atoms with Crippen molar-refractivity contribution in [1.29, 1.82) is 0 Å². The minimum Gasteiger partial charge on any atom is -0.411 e. The van der Waals surface area contributed by atoms with Crippen molar-refractivity contribution in [2.75, 3.05) is 0 Å². The summed E-state index contributed by atoms with van der Waals surface area (Å²) in [7, 11) is 0. The zero-order valence-corrected chi connectivity index (χ0v) is 13.4. The van der Waals surface area contributed by atoms with Gasteiger partial charge in [-0.15, -0.1) is 10.2 Å². The van der Waals surface area contributed by atoms with E-state index >= 15 is 0 Å². The Bertz CT molecular complexity index is 629. The van der Waals surface area contributed by atoms with Gasteiger partial charge in [-0.1, -0.05) is 44.7 Å². The highest BCUT2D eigenvalue weighted by Gasteiger charge is 2.17. The number of benzene rings is 1. The molecule has 0 bridgehead atoms. The number of carbonyl (C=O) groups is 1. The Morgan fingerprint density at radius 1 is 1.24 bits per heavy atom. The van der Waals surface area contributed by atoms with Crippen molar-refractivity contribution in [3.05, 3.63) is 29.8 Å². The summed E-state index contributed by atoms with van der Waals surface area (Å²) in [4.78, 5) is 11.0. The normalized spacial score (nSPS) is 13.1. The van der Waals surface area contributed by atoms with Crippen LogP contribution in [0.2, 0.25) is 0 Å². The van der Waals surface area contributed by atoms with Crippen LogP contribution in [0.25, 0.3) is 11.5 Å². The molecule has 0 fully saturated rings. The molecular formula is C15H19N3O2S. The largest absolute Gasteiger partial charge is 0.411 e. The van der Waals surface area contributed by atoms with Crippen molar-refractivity contribution in [1.82, 2.24) is 10.2 Å². The minimum absolute atomic E-state index is 0.102. The van der Waals surface area contributed by atoms with Crippen molar-refractivity contribution in [2.45, 2.75) is 43.6 Å². The lowest BCUT2D eigenvalue weighted by Gasteiger charge is -2.18. The highest BCUT2D eigenvalue weighted by molar-refractivity contribution is 8.00. The number of carbonyl (C=O) groups excluding carboxylic acids is 1. The van der Waals surface area contributed by atoms with E-state index in [2.05, 4.69) is 43.1 Å². The Morgan fingerprint density at radius 3 is 2.38 bits per heavy atom. The van der Waals surface area contributed by atoms with Gasteiger partial charge in [0.05, 0.1) is 5.25 Å². The summed E-state index contributed by atoms with van der Waals surface area (Å²) in [5.41, 5.74) is 7.41.